The van der Waals surface area contributed by atoms with Crippen LogP contribution in [0.2, 0.25) is 0 Å². The predicted molar refractivity (Wildman–Crippen MR) is 80.9 cm³/mol. The van der Waals surface area contributed by atoms with E-state index in [-0.39, 0.29) is 12.3 Å². The molecule has 0 bridgehead atoms. The summed E-state index contributed by atoms with van der Waals surface area (Å²) in [5, 5.41) is 13.6. The third kappa shape index (κ3) is 3.68. The monoisotopic (exact) mass is 353 g/mol. The number of halogens is 1. The highest BCUT2D eigenvalue weighted by Gasteiger charge is 2.20. The molecule has 104 valence electrons. The molecule has 0 spiro atoms. The minimum absolute atomic E-state index is 0.142. The number of hydrogen-bond acceptors (Lipinski definition) is 3. The van der Waals surface area contributed by atoms with Gasteiger partial charge in [0.2, 0.25) is 0 Å². The number of benzene rings is 1. The molecule has 1 atom stereocenters. The van der Waals surface area contributed by atoms with Crippen molar-refractivity contribution in [2.24, 2.45) is 0 Å². The van der Waals surface area contributed by atoms with Gasteiger partial charge < -0.3 is 10.4 Å². The highest BCUT2D eigenvalue weighted by atomic mass is 79.9. The molecule has 6 heteroatoms. The van der Waals surface area contributed by atoms with E-state index >= 15 is 0 Å². The molecule has 1 unspecified atom stereocenters. The number of amides is 1. The van der Waals surface area contributed by atoms with Crippen LogP contribution in [0.1, 0.15) is 27.7 Å². The van der Waals surface area contributed by atoms with Crippen LogP contribution in [-0.2, 0) is 4.79 Å². The number of rotatable bonds is 5. The van der Waals surface area contributed by atoms with Crippen molar-refractivity contribution in [2.75, 3.05) is 0 Å². The van der Waals surface area contributed by atoms with Gasteiger partial charge in [-0.3, -0.25) is 9.59 Å². The maximum atomic E-state index is 12.2. The van der Waals surface area contributed by atoms with Crippen LogP contribution >= 0.6 is 27.3 Å². The summed E-state index contributed by atoms with van der Waals surface area (Å²) in [7, 11) is 0. The van der Waals surface area contributed by atoms with Gasteiger partial charge in [-0.05, 0) is 39.5 Å². The average molecular weight is 354 g/mol. The van der Waals surface area contributed by atoms with E-state index in [1.165, 1.54) is 11.3 Å². The van der Waals surface area contributed by atoms with Gasteiger partial charge in [0, 0.05) is 9.35 Å². The van der Waals surface area contributed by atoms with Gasteiger partial charge >= 0.3 is 5.97 Å². The Kier molecular flexibility index (Phi) is 4.92. The van der Waals surface area contributed by atoms with Crippen LogP contribution in [0.3, 0.4) is 0 Å². The summed E-state index contributed by atoms with van der Waals surface area (Å²) in [5.74, 6) is -1.24. The summed E-state index contributed by atoms with van der Waals surface area (Å²) < 4.78 is 0.678. The van der Waals surface area contributed by atoms with Gasteiger partial charge in [0.25, 0.3) is 5.91 Å². The summed E-state index contributed by atoms with van der Waals surface area (Å²) in [6.07, 6.45) is -0.142. The van der Waals surface area contributed by atoms with Crippen LogP contribution in [0, 0.1) is 0 Å². The first-order valence-corrected chi connectivity index (χ1v) is 7.56. The summed E-state index contributed by atoms with van der Waals surface area (Å²) >= 11 is 4.74. The van der Waals surface area contributed by atoms with Crippen LogP contribution in [0.25, 0.3) is 0 Å². The van der Waals surface area contributed by atoms with Gasteiger partial charge in [0.05, 0.1) is 18.0 Å². The fourth-order valence-electron chi connectivity index (χ4n) is 1.77. The SMILES string of the molecule is O=C(O)CC(NC(=O)c1ccccc1Br)c1cccs1. The molecule has 20 heavy (non-hydrogen) atoms. The van der Waals surface area contributed by atoms with E-state index in [4.69, 9.17) is 5.11 Å². The van der Waals surface area contributed by atoms with Gasteiger partial charge in [0.15, 0.2) is 0 Å². The van der Waals surface area contributed by atoms with Crippen molar-refractivity contribution in [3.05, 3.63) is 56.7 Å². The summed E-state index contributed by atoms with van der Waals surface area (Å²) in [6, 6.07) is 10.2. The quantitative estimate of drug-likeness (QED) is 0.864. The summed E-state index contributed by atoms with van der Waals surface area (Å²) in [5.41, 5.74) is 0.486. The molecule has 1 amide bonds. The molecule has 0 aliphatic carbocycles. The van der Waals surface area contributed by atoms with Crippen molar-refractivity contribution in [3.8, 4) is 0 Å². The maximum absolute atomic E-state index is 12.2. The zero-order valence-corrected chi connectivity index (χ0v) is 12.8. The van der Waals surface area contributed by atoms with E-state index in [1.807, 2.05) is 23.6 Å². The van der Waals surface area contributed by atoms with Crippen molar-refractivity contribution < 1.29 is 14.7 Å². The molecule has 4 nitrogen and oxygen atoms in total. The third-order valence-corrected chi connectivity index (χ3v) is 4.37. The summed E-state index contributed by atoms with van der Waals surface area (Å²) in [4.78, 5) is 24.0. The molecule has 0 radical (unpaired) electrons. The van der Waals surface area contributed by atoms with E-state index in [2.05, 4.69) is 21.2 Å². The van der Waals surface area contributed by atoms with Gasteiger partial charge in [-0.25, -0.2) is 0 Å². The Morgan fingerprint density at radius 1 is 1.25 bits per heavy atom. The highest BCUT2D eigenvalue weighted by molar-refractivity contribution is 9.10. The van der Waals surface area contributed by atoms with E-state index < -0.39 is 12.0 Å². The molecule has 1 aromatic heterocycles. The van der Waals surface area contributed by atoms with Crippen LogP contribution in [-0.4, -0.2) is 17.0 Å². The first-order valence-electron chi connectivity index (χ1n) is 5.88. The normalized spacial score (nSPS) is 11.8. The second kappa shape index (κ2) is 6.67. The average Bonchev–Trinajstić information content (AvgIpc) is 2.91. The molecular weight excluding hydrogens is 342 g/mol. The number of aliphatic carboxylic acids is 1. The van der Waals surface area contributed by atoms with Crippen LogP contribution in [0.15, 0.2) is 46.3 Å². The predicted octanol–water partition coefficient (Wildman–Crippen LogP) is 3.46. The van der Waals surface area contributed by atoms with Crippen molar-refractivity contribution in [2.45, 2.75) is 12.5 Å². The number of hydrogen-bond donors (Lipinski definition) is 2. The Bertz CT molecular complexity index is 613. The van der Waals surface area contributed by atoms with E-state index in [9.17, 15) is 9.59 Å². The zero-order valence-electron chi connectivity index (χ0n) is 10.4. The molecule has 0 saturated carbocycles. The molecule has 0 saturated heterocycles. The second-order valence-electron chi connectivity index (χ2n) is 4.12. The second-order valence-corrected chi connectivity index (χ2v) is 5.95. The minimum atomic E-state index is -0.948. The minimum Gasteiger partial charge on any atom is -0.481 e. The van der Waals surface area contributed by atoms with Crippen molar-refractivity contribution in [1.82, 2.24) is 5.32 Å². The fourth-order valence-corrected chi connectivity index (χ4v) is 3.01. The maximum Gasteiger partial charge on any atom is 0.305 e. The lowest BCUT2D eigenvalue weighted by atomic mass is 10.1. The van der Waals surface area contributed by atoms with Crippen LogP contribution in [0.4, 0.5) is 0 Å². The van der Waals surface area contributed by atoms with Crippen molar-refractivity contribution >= 4 is 39.1 Å². The Labute approximate surface area is 128 Å². The van der Waals surface area contributed by atoms with Crippen molar-refractivity contribution in [3.63, 3.8) is 0 Å². The smallest absolute Gasteiger partial charge is 0.305 e. The lowest BCUT2D eigenvalue weighted by Gasteiger charge is -2.16. The molecule has 0 aliphatic heterocycles. The molecular formula is C14H12BrNO3S. The Morgan fingerprint density at radius 2 is 2.00 bits per heavy atom. The standard InChI is InChI=1S/C14H12BrNO3S/c15-10-5-2-1-4-9(10)14(19)16-11(8-13(17)18)12-6-3-7-20-12/h1-7,11H,8H2,(H,16,19)(H,17,18). The largest absolute Gasteiger partial charge is 0.481 e. The summed E-state index contributed by atoms with van der Waals surface area (Å²) in [6.45, 7) is 0. The number of carboxylic acid groups (broad SMARTS) is 1. The van der Waals surface area contributed by atoms with Gasteiger partial charge in [-0.1, -0.05) is 18.2 Å². The molecule has 2 rings (SSSR count). The topological polar surface area (TPSA) is 66.4 Å². The first kappa shape index (κ1) is 14.7. The Balaban J connectivity index is 2.18. The zero-order chi connectivity index (χ0) is 14.5. The molecule has 1 heterocycles. The number of carbonyl (C=O) groups is 2. The molecule has 2 aromatic rings. The van der Waals surface area contributed by atoms with E-state index in [0.29, 0.717) is 10.0 Å². The first-order chi connectivity index (χ1) is 9.58. The lowest BCUT2D eigenvalue weighted by molar-refractivity contribution is -0.137. The fraction of sp³-hybridized carbons (Fsp3) is 0.143. The van der Waals surface area contributed by atoms with Gasteiger partial charge in [0.1, 0.15) is 0 Å². The van der Waals surface area contributed by atoms with Crippen LogP contribution < -0.4 is 5.32 Å². The van der Waals surface area contributed by atoms with E-state index in [1.54, 1.807) is 18.2 Å². The Morgan fingerprint density at radius 3 is 2.60 bits per heavy atom. The van der Waals surface area contributed by atoms with Gasteiger partial charge in [-0.2, -0.15) is 0 Å². The van der Waals surface area contributed by atoms with Crippen molar-refractivity contribution in [1.29, 1.82) is 0 Å². The van der Waals surface area contributed by atoms with Crippen LogP contribution in [0.5, 0.6) is 0 Å². The number of nitrogens with one attached hydrogen (secondary N) is 1. The Hall–Kier alpha value is -1.66. The number of carboxylic acids is 1. The number of thiophene rings is 1. The van der Waals surface area contributed by atoms with Gasteiger partial charge in [-0.15, -0.1) is 11.3 Å². The van der Waals surface area contributed by atoms with E-state index in [0.717, 1.165) is 4.88 Å². The molecule has 0 fully saturated rings. The lowest BCUT2D eigenvalue weighted by Crippen LogP contribution is -2.29. The molecule has 0 aliphatic rings. The number of carbonyl (C=O) groups excluding carboxylic acids is 1. The molecule has 2 N–H and O–H groups in total. The highest BCUT2D eigenvalue weighted by Crippen LogP contribution is 2.23. The third-order valence-electron chi connectivity index (χ3n) is 2.69. The molecule has 1 aromatic carbocycles.